The summed E-state index contributed by atoms with van der Waals surface area (Å²) in [6, 6.07) is 12.1. The van der Waals surface area contributed by atoms with Gasteiger partial charge in [0, 0.05) is 25.2 Å². The first-order valence-electron chi connectivity index (χ1n) is 9.28. The summed E-state index contributed by atoms with van der Waals surface area (Å²) < 4.78 is 7.15. The van der Waals surface area contributed by atoms with Gasteiger partial charge in [0.2, 0.25) is 5.88 Å². The lowest BCUT2D eigenvalue weighted by molar-refractivity contribution is 0.413. The van der Waals surface area contributed by atoms with Gasteiger partial charge in [-0.3, -0.25) is 19.3 Å². The number of aliphatic imine (C=N–C) groups is 1. The van der Waals surface area contributed by atoms with Crippen molar-refractivity contribution in [2.45, 2.75) is 25.8 Å². The molecule has 0 spiro atoms. The molecule has 0 amide bonds. The summed E-state index contributed by atoms with van der Waals surface area (Å²) in [6.07, 6.45) is 5.32. The highest BCUT2D eigenvalue weighted by Gasteiger charge is 2.16. The zero-order chi connectivity index (χ0) is 20.8. The van der Waals surface area contributed by atoms with Crippen molar-refractivity contribution in [1.82, 2.24) is 9.55 Å². The molecule has 0 aliphatic heterocycles. The molecular weight excluding hydrogens is 386 g/mol. The van der Waals surface area contributed by atoms with Crippen LogP contribution in [0.2, 0.25) is 0 Å². The number of hydrogen-bond donors (Lipinski definition) is 2. The molecule has 2 N–H and O–H groups in total. The van der Waals surface area contributed by atoms with Gasteiger partial charge in [-0.2, -0.15) is 0 Å². The number of aromatic amines is 1. The Morgan fingerprint density at radius 2 is 2.10 bits per heavy atom. The van der Waals surface area contributed by atoms with E-state index in [2.05, 4.69) is 40.8 Å². The van der Waals surface area contributed by atoms with E-state index in [1.807, 2.05) is 19.1 Å². The van der Waals surface area contributed by atoms with Crippen LogP contribution in [-0.2, 0) is 6.54 Å². The van der Waals surface area contributed by atoms with Gasteiger partial charge in [-0.25, -0.2) is 0 Å². The predicted octanol–water partition coefficient (Wildman–Crippen LogP) is 4.34. The van der Waals surface area contributed by atoms with Gasteiger partial charge in [-0.1, -0.05) is 35.9 Å². The Morgan fingerprint density at radius 1 is 1.34 bits per heavy atom. The number of rotatable bonds is 8. The van der Waals surface area contributed by atoms with Crippen LogP contribution >= 0.6 is 12.2 Å². The third-order valence-electron chi connectivity index (χ3n) is 4.65. The molecule has 3 aromatic rings. The van der Waals surface area contributed by atoms with Gasteiger partial charge >= 0.3 is 0 Å². The van der Waals surface area contributed by atoms with Crippen molar-refractivity contribution >= 4 is 18.4 Å². The number of nitrogens with one attached hydrogen (secondary N) is 1. The van der Waals surface area contributed by atoms with Gasteiger partial charge < -0.3 is 9.52 Å². The summed E-state index contributed by atoms with van der Waals surface area (Å²) in [5.41, 5.74) is 1.93. The third-order valence-corrected chi connectivity index (χ3v) is 4.97. The summed E-state index contributed by atoms with van der Waals surface area (Å²) >= 11 is 5.08. The maximum Gasteiger partial charge on any atom is 0.264 e. The van der Waals surface area contributed by atoms with Crippen LogP contribution in [0.5, 0.6) is 5.88 Å². The maximum atomic E-state index is 12.2. The maximum absolute atomic E-state index is 12.2. The van der Waals surface area contributed by atoms with Crippen molar-refractivity contribution < 1.29 is 9.52 Å². The molecule has 0 bridgehead atoms. The van der Waals surface area contributed by atoms with E-state index < -0.39 is 5.56 Å². The Balaban J connectivity index is 1.80. The summed E-state index contributed by atoms with van der Waals surface area (Å²) in [5.74, 6) is 0.697. The number of aromatic nitrogens is 2. The Labute approximate surface area is 173 Å². The van der Waals surface area contributed by atoms with E-state index in [9.17, 15) is 9.90 Å². The topological polar surface area (TPSA) is 83.5 Å². The van der Waals surface area contributed by atoms with Crippen molar-refractivity contribution in [2.24, 2.45) is 4.99 Å². The number of H-pyrrole nitrogens is 1. The van der Waals surface area contributed by atoms with Crippen LogP contribution in [-0.4, -0.2) is 27.4 Å². The molecule has 2 aromatic heterocycles. The van der Waals surface area contributed by atoms with Gasteiger partial charge in [-0.15, -0.1) is 6.58 Å². The van der Waals surface area contributed by atoms with Gasteiger partial charge in [-0.05, 0) is 43.3 Å². The molecule has 150 valence electrons. The predicted molar refractivity (Wildman–Crippen MR) is 117 cm³/mol. The molecule has 3 rings (SSSR count). The Hall–Kier alpha value is -3.19. The summed E-state index contributed by atoms with van der Waals surface area (Å²) in [4.78, 5) is 19.1. The fourth-order valence-corrected chi connectivity index (χ4v) is 3.36. The number of hydrogen-bond acceptors (Lipinski definition) is 5. The van der Waals surface area contributed by atoms with E-state index in [4.69, 9.17) is 16.6 Å². The monoisotopic (exact) mass is 409 g/mol. The van der Waals surface area contributed by atoms with E-state index >= 15 is 0 Å². The van der Waals surface area contributed by atoms with Crippen LogP contribution < -0.4 is 5.56 Å². The Kier molecular flexibility index (Phi) is 6.61. The lowest BCUT2D eigenvalue weighted by atomic mass is 9.92. The first-order chi connectivity index (χ1) is 14.0. The highest BCUT2D eigenvalue weighted by Crippen LogP contribution is 2.28. The second-order valence-corrected chi connectivity index (χ2v) is 7.09. The molecule has 7 heteroatoms. The van der Waals surface area contributed by atoms with Crippen molar-refractivity contribution in [3.8, 4) is 5.88 Å². The molecule has 0 saturated heterocycles. The van der Waals surface area contributed by atoms with Crippen molar-refractivity contribution in [1.29, 1.82) is 0 Å². The molecular formula is C22H23N3O3S. The molecule has 0 aliphatic carbocycles. The number of nitrogens with zero attached hydrogens (tertiary/aromatic N) is 2. The van der Waals surface area contributed by atoms with Crippen LogP contribution in [0.15, 0.2) is 69.5 Å². The van der Waals surface area contributed by atoms with E-state index in [1.54, 1.807) is 12.3 Å². The first kappa shape index (κ1) is 20.5. The molecule has 1 atom stereocenters. The van der Waals surface area contributed by atoms with E-state index in [0.717, 1.165) is 11.3 Å². The first-order valence-corrected chi connectivity index (χ1v) is 9.69. The summed E-state index contributed by atoms with van der Waals surface area (Å²) in [5, 5.41) is 10.4. The van der Waals surface area contributed by atoms with Crippen LogP contribution in [0.4, 0.5) is 0 Å². The molecule has 0 fully saturated rings. The molecule has 0 unspecified atom stereocenters. The van der Waals surface area contributed by atoms with Crippen molar-refractivity contribution in [2.75, 3.05) is 6.54 Å². The standard InChI is InChI=1S/C22H23N3O3S/c1-3-12-25-21(27)18(20(26)24-22(25)29)14-23-11-10-17(19-5-4-13-28-19)16-8-6-15(2)7-9-16/h3-9,13-14,17,27H,1,10-12H2,2H3,(H,24,26,29)/t17-/m0/s1. The van der Waals surface area contributed by atoms with Crippen molar-refractivity contribution in [3.63, 3.8) is 0 Å². The Bertz CT molecular complexity index is 1110. The number of furan rings is 1. The minimum Gasteiger partial charge on any atom is -0.494 e. The molecule has 0 radical (unpaired) electrons. The van der Waals surface area contributed by atoms with Crippen LogP contribution in [0.3, 0.4) is 0 Å². The fraction of sp³-hybridized carbons (Fsp3) is 0.227. The average molecular weight is 410 g/mol. The zero-order valence-corrected chi connectivity index (χ0v) is 17.0. The van der Waals surface area contributed by atoms with Crippen LogP contribution in [0.1, 0.15) is 34.8 Å². The zero-order valence-electron chi connectivity index (χ0n) is 16.2. The van der Waals surface area contributed by atoms with Gasteiger partial charge in [0.1, 0.15) is 11.3 Å². The minimum atomic E-state index is -0.474. The van der Waals surface area contributed by atoms with Crippen molar-refractivity contribution in [3.05, 3.63) is 92.9 Å². The smallest absolute Gasteiger partial charge is 0.264 e. The van der Waals surface area contributed by atoms with Crippen LogP contribution in [0, 0.1) is 11.7 Å². The SMILES string of the molecule is C=CCn1c(O)c(C=NCC[C@@H](c2ccc(C)cc2)c2ccco2)c(=O)[nH]c1=S. The average Bonchev–Trinajstić information content (AvgIpc) is 3.22. The van der Waals surface area contributed by atoms with Gasteiger partial charge in [0.15, 0.2) is 4.77 Å². The third kappa shape index (κ3) is 4.81. The van der Waals surface area contributed by atoms with Gasteiger partial charge in [0.05, 0.1) is 6.26 Å². The second kappa shape index (κ2) is 9.34. The summed E-state index contributed by atoms with van der Waals surface area (Å²) in [7, 11) is 0. The highest BCUT2D eigenvalue weighted by molar-refractivity contribution is 7.71. The molecule has 0 aliphatic rings. The molecule has 2 heterocycles. The Morgan fingerprint density at radius 3 is 2.76 bits per heavy atom. The van der Waals surface area contributed by atoms with E-state index in [1.165, 1.54) is 16.3 Å². The largest absolute Gasteiger partial charge is 0.494 e. The number of aryl methyl sites for hydroxylation is 1. The number of aromatic hydroxyl groups is 1. The number of benzene rings is 1. The molecule has 1 aromatic carbocycles. The van der Waals surface area contributed by atoms with E-state index in [-0.39, 0.29) is 28.7 Å². The number of allylic oxidation sites excluding steroid dienone is 1. The normalized spacial score (nSPS) is 12.3. The second-order valence-electron chi connectivity index (χ2n) is 6.70. The van der Waals surface area contributed by atoms with E-state index in [0.29, 0.717) is 13.0 Å². The van der Waals surface area contributed by atoms with Gasteiger partial charge in [0.25, 0.3) is 5.56 Å². The molecule has 6 nitrogen and oxygen atoms in total. The molecule has 0 saturated carbocycles. The lowest BCUT2D eigenvalue weighted by Crippen LogP contribution is -2.18. The lowest BCUT2D eigenvalue weighted by Gasteiger charge is -2.14. The highest BCUT2D eigenvalue weighted by atomic mass is 32.1. The molecule has 29 heavy (non-hydrogen) atoms. The minimum absolute atomic E-state index is 0.0513. The quantitative estimate of drug-likeness (QED) is 0.329. The fourth-order valence-electron chi connectivity index (χ4n) is 3.11. The summed E-state index contributed by atoms with van der Waals surface area (Å²) in [6.45, 7) is 6.42. The van der Waals surface area contributed by atoms with Crippen LogP contribution in [0.25, 0.3) is 0 Å².